The molecule has 22 heavy (non-hydrogen) atoms. The molecule has 0 bridgehead atoms. The fourth-order valence-electron chi connectivity index (χ4n) is 2.64. The average molecular weight is 327 g/mol. The molecule has 1 aliphatic rings. The maximum absolute atomic E-state index is 13.6. The molecule has 6 heteroatoms. The first-order valence-corrected chi connectivity index (χ1v) is 7.56. The van der Waals surface area contributed by atoms with Gasteiger partial charge in [-0.15, -0.1) is 6.58 Å². The van der Waals surface area contributed by atoms with E-state index in [-0.39, 0.29) is 17.1 Å². The Hall–Kier alpha value is -1.62. The minimum Gasteiger partial charge on any atom is -0.444 e. The third-order valence-electron chi connectivity index (χ3n) is 3.54. The normalized spacial score (nSPS) is 21.8. The molecule has 0 saturated carbocycles. The summed E-state index contributed by atoms with van der Waals surface area (Å²) in [5.74, 6) is -0.731. The predicted molar refractivity (Wildman–Crippen MR) is 83.2 cm³/mol. The van der Waals surface area contributed by atoms with E-state index < -0.39 is 17.6 Å². The summed E-state index contributed by atoms with van der Waals surface area (Å²) in [6, 6.07) is 1.13. The van der Waals surface area contributed by atoms with Crippen LogP contribution in [0.25, 0.3) is 0 Å². The number of likely N-dealkylation sites (tertiary alicyclic amines) is 1. The Kier molecular flexibility index (Phi) is 4.75. The number of hydrogen-bond donors (Lipinski definition) is 0. The second-order valence-electron chi connectivity index (χ2n) is 6.29. The zero-order valence-corrected chi connectivity index (χ0v) is 13.7. The van der Waals surface area contributed by atoms with Gasteiger partial charge in [-0.25, -0.2) is 9.78 Å². The number of carbonyl (C=O) groups is 1. The molecule has 0 unspecified atom stereocenters. The molecule has 0 N–H and O–H groups in total. The van der Waals surface area contributed by atoms with Gasteiger partial charge in [-0.2, -0.15) is 4.39 Å². The molecule has 120 valence electrons. The van der Waals surface area contributed by atoms with Gasteiger partial charge in [-0.1, -0.05) is 17.7 Å². The van der Waals surface area contributed by atoms with Crippen molar-refractivity contribution in [2.75, 3.05) is 0 Å². The first kappa shape index (κ1) is 16.7. The van der Waals surface area contributed by atoms with Crippen molar-refractivity contribution in [1.82, 2.24) is 9.88 Å². The molecule has 2 heterocycles. The Morgan fingerprint density at radius 3 is 2.82 bits per heavy atom. The van der Waals surface area contributed by atoms with E-state index in [2.05, 4.69) is 11.6 Å². The van der Waals surface area contributed by atoms with Crippen molar-refractivity contribution in [3.63, 3.8) is 0 Å². The zero-order valence-electron chi connectivity index (χ0n) is 13.0. The molecule has 2 rings (SSSR count). The van der Waals surface area contributed by atoms with Gasteiger partial charge in [-0.05, 0) is 45.2 Å². The molecule has 1 amide bonds. The van der Waals surface area contributed by atoms with Crippen LogP contribution in [0.5, 0.6) is 0 Å². The number of ether oxygens (including phenoxy) is 1. The van der Waals surface area contributed by atoms with Crippen LogP contribution in [0.4, 0.5) is 9.18 Å². The van der Waals surface area contributed by atoms with E-state index in [1.54, 1.807) is 37.8 Å². The Labute approximate surface area is 134 Å². The van der Waals surface area contributed by atoms with Gasteiger partial charge in [0.05, 0.1) is 12.1 Å². The van der Waals surface area contributed by atoms with E-state index in [4.69, 9.17) is 16.3 Å². The number of nitrogens with zero attached hydrogens (tertiary/aromatic N) is 2. The summed E-state index contributed by atoms with van der Waals surface area (Å²) in [5.41, 5.74) is -0.0622. The third kappa shape index (κ3) is 3.40. The highest BCUT2D eigenvalue weighted by Gasteiger charge is 2.39. The van der Waals surface area contributed by atoms with Gasteiger partial charge < -0.3 is 4.74 Å². The van der Waals surface area contributed by atoms with Crippen LogP contribution in [-0.4, -0.2) is 27.6 Å². The fraction of sp³-hybridized carbons (Fsp3) is 0.500. The Morgan fingerprint density at radius 1 is 1.55 bits per heavy atom. The average Bonchev–Trinajstić information content (AvgIpc) is 2.83. The van der Waals surface area contributed by atoms with Crippen molar-refractivity contribution in [3.8, 4) is 0 Å². The minimum atomic E-state index is -0.731. The van der Waals surface area contributed by atoms with Gasteiger partial charge in [0.25, 0.3) is 0 Å². The quantitative estimate of drug-likeness (QED) is 0.593. The van der Waals surface area contributed by atoms with Gasteiger partial charge >= 0.3 is 6.09 Å². The van der Waals surface area contributed by atoms with Gasteiger partial charge in [0, 0.05) is 6.20 Å². The molecule has 4 nitrogen and oxygen atoms in total. The largest absolute Gasteiger partial charge is 0.444 e. The van der Waals surface area contributed by atoms with Crippen molar-refractivity contribution >= 4 is 17.7 Å². The van der Waals surface area contributed by atoms with Crippen molar-refractivity contribution in [2.24, 2.45) is 0 Å². The summed E-state index contributed by atoms with van der Waals surface area (Å²) in [7, 11) is 0. The molecule has 1 aromatic rings. The van der Waals surface area contributed by atoms with Crippen LogP contribution < -0.4 is 0 Å². The monoisotopic (exact) mass is 326 g/mol. The van der Waals surface area contributed by atoms with Crippen LogP contribution in [0.15, 0.2) is 24.9 Å². The number of aromatic nitrogens is 1. The van der Waals surface area contributed by atoms with Crippen LogP contribution >= 0.6 is 11.6 Å². The van der Waals surface area contributed by atoms with Crippen molar-refractivity contribution in [3.05, 3.63) is 41.5 Å². The lowest BCUT2D eigenvalue weighted by Gasteiger charge is -2.32. The maximum Gasteiger partial charge on any atom is 0.411 e. The molecule has 0 aromatic carbocycles. The lowest BCUT2D eigenvalue weighted by Crippen LogP contribution is -2.40. The molecule has 1 saturated heterocycles. The third-order valence-corrected chi connectivity index (χ3v) is 3.92. The molecule has 0 spiro atoms. The van der Waals surface area contributed by atoms with E-state index in [1.165, 1.54) is 6.20 Å². The zero-order chi connectivity index (χ0) is 16.5. The number of hydrogen-bond acceptors (Lipinski definition) is 3. The van der Waals surface area contributed by atoms with Crippen LogP contribution in [0.3, 0.4) is 0 Å². The number of halogens is 2. The summed E-state index contributed by atoms with van der Waals surface area (Å²) >= 11 is 6.03. The standard InChI is InChI=1S/C16H20ClFN2O2/c1-5-10-6-7-12(11-8-9-19-14(18)13(11)17)20(10)15(21)22-16(2,3)4/h5,8-10,12H,1,6-7H2,2-4H3/t10-,12-/m1/s1. The van der Waals surface area contributed by atoms with Gasteiger partial charge in [0.1, 0.15) is 10.6 Å². The smallest absolute Gasteiger partial charge is 0.411 e. The summed E-state index contributed by atoms with van der Waals surface area (Å²) in [6.07, 6.45) is 4.00. The Bertz CT molecular complexity index is 586. The maximum atomic E-state index is 13.6. The number of pyridine rings is 1. The summed E-state index contributed by atoms with van der Waals surface area (Å²) in [5, 5.41) is -0.0502. The molecule has 1 fully saturated rings. The topological polar surface area (TPSA) is 42.4 Å². The van der Waals surface area contributed by atoms with E-state index in [0.717, 1.165) is 6.42 Å². The number of carbonyl (C=O) groups excluding carboxylic acids is 1. The first-order valence-electron chi connectivity index (χ1n) is 7.18. The lowest BCUT2D eigenvalue weighted by atomic mass is 10.1. The Balaban J connectivity index is 2.35. The summed E-state index contributed by atoms with van der Waals surface area (Å²) in [6.45, 7) is 9.18. The highest BCUT2D eigenvalue weighted by molar-refractivity contribution is 6.31. The predicted octanol–water partition coefficient (Wildman–Crippen LogP) is 4.50. The van der Waals surface area contributed by atoms with E-state index in [9.17, 15) is 9.18 Å². The van der Waals surface area contributed by atoms with Gasteiger partial charge in [0.2, 0.25) is 5.95 Å². The molecular weight excluding hydrogens is 307 g/mol. The van der Waals surface area contributed by atoms with Crippen molar-refractivity contribution in [2.45, 2.75) is 51.3 Å². The molecule has 0 aliphatic carbocycles. The number of amides is 1. The molecular formula is C16H20ClFN2O2. The van der Waals surface area contributed by atoms with Crippen LogP contribution in [0.2, 0.25) is 5.02 Å². The van der Waals surface area contributed by atoms with E-state index in [0.29, 0.717) is 12.0 Å². The van der Waals surface area contributed by atoms with Gasteiger partial charge in [0.15, 0.2) is 0 Å². The van der Waals surface area contributed by atoms with Crippen molar-refractivity contribution < 1.29 is 13.9 Å². The molecule has 1 aromatic heterocycles. The highest BCUT2D eigenvalue weighted by Crippen LogP contribution is 2.40. The molecule has 2 atom stereocenters. The highest BCUT2D eigenvalue weighted by atomic mass is 35.5. The van der Waals surface area contributed by atoms with E-state index in [1.807, 2.05) is 0 Å². The van der Waals surface area contributed by atoms with Crippen LogP contribution in [-0.2, 0) is 4.74 Å². The summed E-state index contributed by atoms with van der Waals surface area (Å²) < 4.78 is 19.1. The minimum absolute atomic E-state index is 0.0502. The Morgan fingerprint density at radius 2 is 2.23 bits per heavy atom. The van der Waals surface area contributed by atoms with E-state index >= 15 is 0 Å². The van der Waals surface area contributed by atoms with Crippen LogP contribution in [0, 0.1) is 5.95 Å². The molecule has 0 radical (unpaired) electrons. The van der Waals surface area contributed by atoms with Crippen LogP contribution in [0.1, 0.15) is 45.2 Å². The lowest BCUT2D eigenvalue weighted by molar-refractivity contribution is 0.0178. The second-order valence-corrected chi connectivity index (χ2v) is 6.67. The van der Waals surface area contributed by atoms with Gasteiger partial charge in [-0.3, -0.25) is 4.90 Å². The first-order chi connectivity index (χ1) is 10.2. The molecule has 1 aliphatic heterocycles. The van der Waals surface area contributed by atoms with Crippen molar-refractivity contribution in [1.29, 1.82) is 0 Å². The number of rotatable bonds is 2. The SMILES string of the molecule is C=C[C@@H]1CC[C@H](c2ccnc(F)c2Cl)N1C(=O)OC(C)(C)C. The second kappa shape index (κ2) is 6.24. The fourth-order valence-corrected chi connectivity index (χ4v) is 2.88. The summed E-state index contributed by atoms with van der Waals surface area (Å²) in [4.78, 5) is 17.6.